The molecule has 1 rings (SSSR count). The second kappa shape index (κ2) is 7.79. The topological polar surface area (TPSA) is 17.1 Å². The van der Waals surface area contributed by atoms with E-state index in [2.05, 4.69) is 53.0 Å². The largest absolute Gasteiger partial charge is 0.298 e. The molecule has 0 fully saturated rings. The van der Waals surface area contributed by atoms with Crippen LogP contribution in [0.15, 0.2) is 30.3 Å². The van der Waals surface area contributed by atoms with E-state index in [1.165, 1.54) is 0 Å². The number of Topliss-reactive ketones (excluding diaryl/α,β-unsaturated/α-hetero) is 1. The Morgan fingerprint density at radius 3 is 1.73 bits per heavy atom. The number of carbonyl (C=O) groups is 1. The molecule has 0 bridgehead atoms. The van der Waals surface area contributed by atoms with Crippen LogP contribution in [0.2, 0.25) is 16.6 Å². The maximum atomic E-state index is 12.1. The van der Waals surface area contributed by atoms with Gasteiger partial charge in [-0.25, -0.2) is 0 Å². The van der Waals surface area contributed by atoms with Crippen LogP contribution in [0.3, 0.4) is 0 Å². The highest BCUT2D eigenvalue weighted by Crippen LogP contribution is 2.41. The first kappa shape index (κ1) is 18.7. The number of rotatable bonds is 5. The minimum absolute atomic E-state index is 0.137. The van der Waals surface area contributed by atoms with Gasteiger partial charge < -0.3 is 0 Å². The molecule has 2 heteroatoms. The van der Waals surface area contributed by atoms with Crippen molar-refractivity contribution in [2.24, 2.45) is 0 Å². The van der Waals surface area contributed by atoms with E-state index in [9.17, 15) is 4.79 Å². The average Bonchev–Trinajstić information content (AvgIpc) is 2.42. The second-order valence-corrected chi connectivity index (χ2v) is 12.7. The molecule has 0 heterocycles. The van der Waals surface area contributed by atoms with E-state index in [0.29, 0.717) is 16.6 Å². The lowest BCUT2D eigenvalue weighted by Crippen LogP contribution is -2.43. The van der Waals surface area contributed by atoms with Crippen LogP contribution in [0.1, 0.15) is 59.9 Å². The van der Waals surface area contributed by atoms with Crippen molar-refractivity contribution in [3.05, 3.63) is 35.9 Å². The SMILES string of the molecule is CC(=O)C(C#C[Si](C(C)C)(C(C)C)C(C)C)c1ccccc1. The van der Waals surface area contributed by atoms with Crippen LogP contribution in [0.25, 0.3) is 0 Å². The molecule has 0 N–H and O–H groups in total. The fourth-order valence-corrected chi connectivity index (χ4v) is 8.96. The third-order valence-corrected chi connectivity index (χ3v) is 11.1. The third-order valence-electron chi connectivity index (χ3n) is 4.84. The lowest BCUT2D eigenvalue weighted by molar-refractivity contribution is -0.117. The Hall–Kier alpha value is -1.33. The van der Waals surface area contributed by atoms with Crippen LogP contribution < -0.4 is 0 Å². The summed E-state index contributed by atoms with van der Waals surface area (Å²) in [4.78, 5) is 12.1. The Bertz CT molecular complexity index is 524. The normalized spacial score (nSPS) is 13.2. The third kappa shape index (κ3) is 3.90. The molecule has 120 valence electrons. The van der Waals surface area contributed by atoms with E-state index >= 15 is 0 Å². The van der Waals surface area contributed by atoms with Crippen molar-refractivity contribution in [1.82, 2.24) is 0 Å². The van der Waals surface area contributed by atoms with Gasteiger partial charge in [-0.2, -0.15) is 0 Å². The van der Waals surface area contributed by atoms with Crippen LogP contribution in [0.4, 0.5) is 0 Å². The Morgan fingerprint density at radius 2 is 1.36 bits per heavy atom. The molecular formula is C20H30OSi. The van der Waals surface area contributed by atoms with Crippen LogP contribution in [-0.2, 0) is 4.79 Å². The molecule has 0 aliphatic carbocycles. The van der Waals surface area contributed by atoms with Gasteiger partial charge in [0.2, 0.25) is 0 Å². The Morgan fingerprint density at radius 1 is 0.909 bits per heavy atom. The summed E-state index contributed by atoms with van der Waals surface area (Å²) < 4.78 is 0. The number of hydrogen-bond acceptors (Lipinski definition) is 1. The molecule has 0 saturated carbocycles. The zero-order valence-corrected chi connectivity index (χ0v) is 16.1. The van der Waals surface area contributed by atoms with E-state index in [4.69, 9.17) is 0 Å². The highest BCUT2D eigenvalue weighted by molar-refractivity contribution is 6.90. The lowest BCUT2D eigenvalue weighted by Gasteiger charge is -2.38. The first-order valence-corrected chi connectivity index (χ1v) is 10.5. The van der Waals surface area contributed by atoms with Crippen molar-refractivity contribution < 1.29 is 4.79 Å². The lowest BCUT2D eigenvalue weighted by atomic mass is 9.97. The molecule has 0 saturated heterocycles. The van der Waals surface area contributed by atoms with Gasteiger partial charge in [-0.05, 0) is 29.1 Å². The molecule has 0 radical (unpaired) electrons. The maximum absolute atomic E-state index is 12.1. The standard InChI is InChI=1S/C20H30OSi/c1-15(2)22(16(3)4,17(5)6)14-13-20(18(7)21)19-11-9-8-10-12-19/h8-12,15-17,20H,1-7H3. The predicted octanol–water partition coefficient (Wildman–Crippen LogP) is 5.58. The zero-order chi connectivity index (χ0) is 16.9. The average molecular weight is 315 g/mol. The van der Waals surface area contributed by atoms with Crippen molar-refractivity contribution in [1.29, 1.82) is 0 Å². The summed E-state index contributed by atoms with van der Waals surface area (Å²) in [6.45, 7) is 15.4. The minimum atomic E-state index is -1.78. The van der Waals surface area contributed by atoms with E-state index in [-0.39, 0.29) is 11.7 Å². The molecule has 0 aromatic heterocycles. The van der Waals surface area contributed by atoms with Crippen LogP contribution in [0, 0.1) is 11.5 Å². The molecule has 0 aliphatic rings. The van der Waals surface area contributed by atoms with Crippen molar-refractivity contribution in [3.8, 4) is 11.5 Å². The van der Waals surface area contributed by atoms with E-state index in [0.717, 1.165) is 5.56 Å². The summed E-state index contributed by atoms with van der Waals surface area (Å²) in [7, 11) is -1.78. The Kier molecular flexibility index (Phi) is 6.62. The zero-order valence-electron chi connectivity index (χ0n) is 15.1. The van der Waals surface area contributed by atoms with Gasteiger partial charge in [0.25, 0.3) is 0 Å². The number of benzene rings is 1. The summed E-state index contributed by atoms with van der Waals surface area (Å²) in [5, 5.41) is 0. The van der Waals surface area contributed by atoms with E-state index in [1.54, 1.807) is 6.92 Å². The fraction of sp³-hybridized carbons (Fsp3) is 0.550. The van der Waals surface area contributed by atoms with Crippen molar-refractivity contribution in [2.75, 3.05) is 0 Å². The predicted molar refractivity (Wildman–Crippen MR) is 98.7 cm³/mol. The molecular weight excluding hydrogens is 284 g/mol. The summed E-state index contributed by atoms with van der Waals surface area (Å²) in [6.07, 6.45) is 0. The first-order valence-electron chi connectivity index (χ1n) is 8.31. The van der Waals surface area contributed by atoms with Crippen LogP contribution >= 0.6 is 0 Å². The molecule has 1 aromatic rings. The summed E-state index contributed by atoms with van der Waals surface area (Å²) in [6, 6.07) is 9.94. The van der Waals surface area contributed by atoms with Gasteiger partial charge in [0.05, 0.1) is 0 Å². The monoisotopic (exact) mass is 314 g/mol. The molecule has 1 atom stereocenters. The van der Waals surface area contributed by atoms with Gasteiger partial charge in [-0.15, -0.1) is 5.54 Å². The van der Waals surface area contributed by atoms with Gasteiger partial charge >= 0.3 is 0 Å². The van der Waals surface area contributed by atoms with Crippen molar-refractivity contribution >= 4 is 13.9 Å². The first-order chi connectivity index (χ1) is 10.2. The second-order valence-electron chi connectivity index (χ2n) is 7.12. The number of hydrogen-bond donors (Lipinski definition) is 0. The minimum Gasteiger partial charge on any atom is -0.298 e. The van der Waals surface area contributed by atoms with Crippen LogP contribution in [0.5, 0.6) is 0 Å². The fourth-order valence-electron chi connectivity index (χ4n) is 3.70. The molecule has 1 aromatic carbocycles. The Labute approximate surface area is 137 Å². The van der Waals surface area contributed by atoms with Crippen molar-refractivity contribution in [2.45, 2.75) is 71.0 Å². The van der Waals surface area contributed by atoms with Gasteiger partial charge in [0.1, 0.15) is 19.8 Å². The smallest absolute Gasteiger partial charge is 0.149 e. The molecule has 0 amide bonds. The quantitative estimate of drug-likeness (QED) is 0.512. The summed E-state index contributed by atoms with van der Waals surface area (Å²) in [5.41, 5.74) is 6.45. The van der Waals surface area contributed by atoms with Gasteiger partial charge in [-0.3, -0.25) is 4.79 Å². The van der Waals surface area contributed by atoms with E-state index in [1.807, 2.05) is 30.3 Å². The molecule has 22 heavy (non-hydrogen) atoms. The Balaban J connectivity index is 3.33. The van der Waals surface area contributed by atoms with Crippen molar-refractivity contribution in [3.63, 3.8) is 0 Å². The van der Waals surface area contributed by atoms with Gasteiger partial charge in [0, 0.05) is 0 Å². The molecule has 0 aliphatic heterocycles. The molecule has 1 nitrogen and oxygen atoms in total. The summed E-state index contributed by atoms with van der Waals surface area (Å²) in [5.74, 6) is 3.23. The van der Waals surface area contributed by atoms with Gasteiger partial charge in [-0.1, -0.05) is 77.8 Å². The number of carbonyl (C=O) groups excluding carboxylic acids is 1. The summed E-state index contributed by atoms with van der Waals surface area (Å²) >= 11 is 0. The molecule has 1 unspecified atom stereocenters. The highest BCUT2D eigenvalue weighted by Gasteiger charge is 2.41. The van der Waals surface area contributed by atoms with E-state index < -0.39 is 8.07 Å². The highest BCUT2D eigenvalue weighted by atomic mass is 28.3. The molecule has 0 spiro atoms. The number of ketones is 1. The van der Waals surface area contributed by atoms with Crippen LogP contribution in [-0.4, -0.2) is 13.9 Å². The maximum Gasteiger partial charge on any atom is 0.149 e. The van der Waals surface area contributed by atoms with Gasteiger partial charge in [0.15, 0.2) is 0 Å².